The van der Waals surface area contributed by atoms with E-state index < -0.39 is 27.6 Å². The van der Waals surface area contributed by atoms with Crippen molar-refractivity contribution in [3.63, 3.8) is 0 Å². The van der Waals surface area contributed by atoms with Gasteiger partial charge in [0.1, 0.15) is 10.7 Å². The van der Waals surface area contributed by atoms with Gasteiger partial charge in [0.05, 0.1) is 27.9 Å². The van der Waals surface area contributed by atoms with E-state index in [-0.39, 0.29) is 40.0 Å². The molecule has 0 unspecified atom stereocenters. The first-order valence-corrected chi connectivity index (χ1v) is 15.2. The zero-order chi connectivity index (χ0) is 29.3. The number of phenolic OH excluding ortho intramolecular Hbond substituents is 1. The number of sulfonamides is 1. The number of alkyl halides is 3. The average molecular weight is 622 g/mol. The lowest BCUT2D eigenvalue weighted by Gasteiger charge is -2.17. The monoisotopic (exact) mass is 621 g/mol. The first-order chi connectivity index (χ1) is 19.3. The average Bonchev–Trinajstić information content (AvgIpc) is 3.67. The molecular weight excluding hydrogens is 603 g/mol. The van der Waals surface area contributed by atoms with E-state index in [1.807, 2.05) is 0 Å². The van der Waals surface area contributed by atoms with Gasteiger partial charge in [-0.3, -0.25) is 14.1 Å². The number of fused-ring (bicyclic) bond motifs is 3. The normalized spacial score (nSPS) is 14.2. The SMILES string of the molecule is CS(=O)(=O)Nc1ccc(-c2nc3sc4c(O)c(Cl)ccc4c3c(=O)n2Cc2cnc(C(F)(F)F)nc2)c(C2CC2)c1. The second-order valence-electron chi connectivity index (χ2n) is 9.74. The number of nitrogens with one attached hydrogen (secondary N) is 1. The third kappa shape index (κ3) is 5.22. The molecule has 6 rings (SSSR count). The minimum Gasteiger partial charge on any atom is -0.505 e. The highest BCUT2D eigenvalue weighted by molar-refractivity contribution is 7.92. The van der Waals surface area contributed by atoms with Gasteiger partial charge in [-0.25, -0.2) is 23.4 Å². The zero-order valence-electron chi connectivity index (χ0n) is 21.0. The number of thiophene rings is 1. The van der Waals surface area contributed by atoms with Crippen molar-refractivity contribution in [2.75, 3.05) is 11.0 Å². The summed E-state index contributed by atoms with van der Waals surface area (Å²) in [7, 11) is -3.55. The Labute approximate surface area is 239 Å². The smallest absolute Gasteiger partial charge is 0.451 e. The van der Waals surface area contributed by atoms with Crippen molar-refractivity contribution < 1.29 is 26.7 Å². The molecule has 0 bridgehead atoms. The number of benzene rings is 2. The molecule has 0 atom stereocenters. The molecule has 0 aliphatic heterocycles. The summed E-state index contributed by atoms with van der Waals surface area (Å²) in [6.45, 7) is -0.195. The molecule has 5 aromatic rings. The maximum absolute atomic E-state index is 14.1. The number of phenols is 1. The number of nitrogens with zero attached hydrogens (tertiary/aromatic N) is 4. The third-order valence-corrected chi connectivity index (χ3v) is 8.62. The lowest BCUT2D eigenvalue weighted by Crippen LogP contribution is -2.24. The third-order valence-electron chi connectivity index (χ3n) is 6.60. The summed E-state index contributed by atoms with van der Waals surface area (Å²) < 4.78 is 67.0. The minimum atomic E-state index is -4.72. The highest BCUT2D eigenvalue weighted by Crippen LogP contribution is 2.46. The fraction of sp³-hybridized carbons (Fsp3) is 0.231. The van der Waals surface area contributed by atoms with Crippen LogP contribution in [0.3, 0.4) is 0 Å². The number of hydrogen-bond acceptors (Lipinski definition) is 8. The predicted octanol–water partition coefficient (Wildman–Crippen LogP) is 5.74. The Morgan fingerprint density at radius 3 is 2.51 bits per heavy atom. The van der Waals surface area contributed by atoms with E-state index in [0.717, 1.165) is 48.4 Å². The lowest BCUT2D eigenvalue weighted by atomic mass is 10.0. The van der Waals surface area contributed by atoms with Crippen LogP contribution in [0.1, 0.15) is 35.7 Å². The molecule has 1 saturated carbocycles. The molecule has 1 fully saturated rings. The van der Waals surface area contributed by atoms with Crippen LogP contribution in [0.25, 0.3) is 31.7 Å². The second-order valence-corrected chi connectivity index (χ2v) is 12.9. The van der Waals surface area contributed by atoms with Crippen molar-refractivity contribution in [2.45, 2.75) is 31.5 Å². The topological polar surface area (TPSA) is 127 Å². The molecule has 9 nitrogen and oxygen atoms in total. The highest BCUT2D eigenvalue weighted by Gasteiger charge is 2.34. The van der Waals surface area contributed by atoms with E-state index in [4.69, 9.17) is 16.6 Å². The largest absolute Gasteiger partial charge is 0.505 e. The van der Waals surface area contributed by atoms with Gasteiger partial charge in [-0.15, -0.1) is 11.3 Å². The van der Waals surface area contributed by atoms with Crippen LogP contribution in [0.15, 0.2) is 47.5 Å². The molecule has 2 aromatic carbocycles. The molecule has 0 amide bonds. The maximum atomic E-state index is 14.1. The molecule has 0 radical (unpaired) electrons. The lowest BCUT2D eigenvalue weighted by molar-refractivity contribution is -0.145. The summed E-state index contributed by atoms with van der Waals surface area (Å²) in [6.07, 6.45) is 0.0392. The number of aromatic hydroxyl groups is 1. The molecule has 3 heterocycles. The van der Waals surface area contributed by atoms with E-state index in [1.54, 1.807) is 24.3 Å². The van der Waals surface area contributed by atoms with Gasteiger partial charge >= 0.3 is 6.18 Å². The summed E-state index contributed by atoms with van der Waals surface area (Å²) >= 11 is 7.18. The van der Waals surface area contributed by atoms with Crippen molar-refractivity contribution >= 4 is 59.0 Å². The minimum absolute atomic E-state index is 0.104. The van der Waals surface area contributed by atoms with Gasteiger partial charge in [-0.2, -0.15) is 13.2 Å². The van der Waals surface area contributed by atoms with Crippen LogP contribution >= 0.6 is 22.9 Å². The molecule has 0 saturated heterocycles. The van der Waals surface area contributed by atoms with Gasteiger partial charge in [0.15, 0.2) is 5.75 Å². The van der Waals surface area contributed by atoms with E-state index >= 15 is 0 Å². The molecule has 1 aliphatic rings. The van der Waals surface area contributed by atoms with Crippen molar-refractivity contribution in [3.8, 4) is 17.1 Å². The predicted molar refractivity (Wildman–Crippen MR) is 150 cm³/mol. The van der Waals surface area contributed by atoms with Crippen LogP contribution in [0.2, 0.25) is 5.02 Å². The van der Waals surface area contributed by atoms with Gasteiger partial charge in [-0.05, 0) is 48.6 Å². The molecule has 15 heteroatoms. The van der Waals surface area contributed by atoms with E-state index in [9.17, 15) is 31.5 Å². The fourth-order valence-electron chi connectivity index (χ4n) is 4.68. The summed E-state index contributed by atoms with van der Waals surface area (Å²) in [5.74, 6) is -1.16. The Balaban J connectivity index is 1.59. The van der Waals surface area contributed by atoms with Crippen LogP contribution in [0.4, 0.5) is 18.9 Å². The fourth-order valence-corrected chi connectivity index (χ4v) is 6.56. The number of aromatic nitrogens is 4. The quantitative estimate of drug-likeness (QED) is 0.247. The maximum Gasteiger partial charge on any atom is 0.451 e. The van der Waals surface area contributed by atoms with Gasteiger partial charge in [0.25, 0.3) is 5.56 Å². The molecule has 2 N–H and O–H groups in total. The second kappa shape index (κ2) is 9.67. The molecule has 212 valence electrons. The van der Waals surface area contributed by atoms with E-state index in [0.29, 0.717) is 26.2 Å². The molecular formula is C26H19ClF3N5O4S2. The van der Waals surface area contributed by atoms with Crippen LogP contribution in [-0.2, 0) is 22.7 Å². The highest BCUT2D eigenvalue weighted by atomic mass is 35.5. The number of rotatable bonds is 6. The van der Waals surface area contributed by atoms with E-state index in [2.05, 4.69) is 14.7 Å². The van der Waals surface area contributed by atoms with Gasteiger partial charge in [-0.1, -0.05) is 17.7 Å². The van der Waals surface area contributed by atoms with Crippen LogP contribution in [-0.4, -0.2) is 39.3 Å². The number of halogens is 4. The van der Waals surface area contributed by atoms with Crippen LogP contribution < -0.4 is 10.3 Å². The van der Waals surface area contributed by atoms with Crippen molar-refractivity contribution in [3.05, 3.63) is 75.1 Å². The van der Waals surface area contributed by atoms with Crippen molar-refractivity contribution in [1.82, 2.24) is 19.5 Å². The first kappa shape index (κ1) is 27.4. The molecule has 1 aliphatic carbocycles. The summed E-state index contributed by atoms with van der Waals surface area (Å²) in [5, 5.41) is 11.3. The summed E-state index contributed by atoms with van der Waals surface area (Å²) in [6, 6.07) is 7.99. The first-order valence-electron chi connectivity index (χ1n) is 12.1. The Bertz CT molecular complexity index is 2020. The van der Waals surface area contributed by atoms with Gasteiger partial charge in [0.2, 0.25) is 15.8 Å². The summed E-state index contributed by atoms with van der Waals surface area (Å²) in [5.41, 5.74) is 1.44. The molecule has 0 spiro atoms. The Morgan fingerprint density at radius 2 is 1.88 bits per heavy atom. The number of anilines is 1. The zero-order valence-corrected chi connectivity index (χ0v) is 23.4. The standard InChI is InChI=1S/C26H19ClF3N5O4S2/c1-41(38,39)34-14-4-5-15(17(8-14)13-2-3-13)22-33-23-19(16-6-7-18(27)20(36)21(16)40-23)24(37)35(22)11-12-9-31-25(32-10-12)26(28,29)30/h4-10,13,34,36H,2-3,11H2,1H3. The Hall–Kier alpha value is -3.75. The Morgan fingerprint density at radius 1 is 1.17 bits per heavy atom. The van der Waals surface area contributed by atoms with Crippen molar-refractivity contribution in [2.24, 2.45) is 0 Å². The van der Waals surface area contributed by atoms with Crippen molar-refractivity contribution in [1.29, 1.82) is 0 Å². The van der Waals surface area contributed by atoms with Gasteiger partial charge < -0.3 is 5.11 Å². The molecule has 41 heavy (non-hydrogen) atoms. The molecule has 3 aromatic heterocycles. The number of hydrogen-bond donors (Lipinski definition) is 2. The van der Waals surface area contributed by atoms with Gasteiger partial charge in [0, 0.05) is 34.6 Å². The van der Waals surface area contributed by atoms with Crippen LogP contribution in [0, 0.1) is 0 Å². The Kier molecular flexibility index (Phi) is 6.47. The van der Waals surface area contributed by atoms with Crippen LogP contribution in [0.5, 0.6) is 5.75 Å². The van der Waals surface area contributed by atoms with E-state index in [1.165, 1.54) is 10.6 Å². The summed E-state index contributed by atoms with van der Waals surface area (Å²) in [4.78, 5) is 26.1.